The Hall–Kier alpha value is -1.74. The van der Waals surface area contributed by atoms with E-state index in [0.29, 0.717) is 26.8 Å². The largest absolute Gasteiger partial charge is 0.289 e. The first-order valence-electron chi connectivity index (χ1n) is 6.29. The molecule has 0 N–H and O–H groups in total. The summed E-state index contributed by atoms with van der Waals surface area (Å²) < 4.78 is 12.6. The van der Waals surface area contributed by atoms with Crippen LogP contribution >= 0.6 is 0 Å². The molecule has 0 spiro atoms. The van der Waals surface area contributed by atoms with Crippen LogP contribution in [0.1, 0.15) is 41.3 Å². The van der Waals surface area contributed by atoms with Gasteiger partial charge in [-0.3, -0.25) is 4.79 Å². The lowest BCUT2D eigenvalue weighted by atomic mass is 9.97. The van der Waals surface area contributed by atoms with E-state index in [0.717, 1.165) is 5.56 Å². The van der Waals surface area contributed by atoms with E-state index >= 15 is 0 Å². The molecule has 1 heterocycles. The van der Waals surface area contributed by atoms with E-state index in [-0.39, 0.29) is 5.78 Å². The van der Waals surface area contributed by atoms with Crippen molar-refractivity contribution in [1.29, 1.82) is 0 Å². The molecule has 0 bridgehead atoms. The number of ketones is 1. The van der Waals surface area contributed by atoms with E-state index in [1.54, 1.807) is 24.3 Å². The van der Waals surface area contributed by atoms with Crippen molar-refractivity contribution in [2.45, 2.75) is 29.6 Å². The molecule has 2 aromatic carbocycles. The van der Waals surface area contributed by atoms with Crippen molar-refractivity contribution in [3.63, 3.8) is 0 Å². The summed E-state index contributed by atoms with van der Waals surface area (Å²) in [6, 6.07) is 12.8. The molecule has 0 saturated carbocycles. The van der Waals surface area contributed by atoms with Gasteiger partial charge in [0.25, 0.3) is 0 Å². The molecule has 0 saturated heterocycles. The first-order chi connectivity index (χ1) is 9.09. The van der Waals surface area contributed by atoms with E-state index in [4.69, 9.17) is 0 Å². The Labute approximate surface area is 114 Å². The van der Waals surface area contributed by atoms with Gasteiger partial charge in [-0.15, -0.1) is 0 Å². The minimum absolute atomic E-state index is 0.0273. The number of benzene rings is 2. The second-order valence-corrected chi connectivity index (χ2v) is 6.42. The summed E-state index contributed by atoms with van der Waals surface area (Å²) in [5.74, 6) is 0.329. The first kappa shape index (κ1) is 12.3. The van der Waals surface area contributed by atoms with Gasteiger partial charge in [0.1, 0.15) is 0 Å². The van der Waals surface area contributed by atoms with Gasteiger partial charge in [-0.05, 0) is 35.7 Å². The lowest BCUT2D eigenvalue weighted by Crippen LogP contribution is -2.16. The summed E-state index contributed by atoms with van der Waals surface area (Å²) in [4.78, 5) is 13.7. The topological polar surface area (TPSA) is 34.1 Å². The van der Waals surface area contributed by atoms with Crippen LogP contribution in [0.4, 0.5) is 0 Å². The van der Waals surface area contributed by atoms with Crippen LogP contribution in [0, 0.1) is 0 Å². The first-order valence-corrected chi connectivity index (χ1v) is 7.44. The van der Waals surface area contributed by atoms with Crippen molar-refractivity contribution in [2.24, 2.45) is 0 Å². The maximum absolute atomic E-state index is 12.6. The van der Waals surface area contributed by atoms with Crippen molar-refractivity contribution < 1.29 is 9.00 Å². The molecule has 2 nitrogen and oxygen atoms in total. The fourth-order valence-corrected chi connectivity index (χ4v) is 3.72. The molecule has 0 fully saturated rings. The zero-order valence-electron chi connectivity index (χ0n) is 10.8. The van der Waals surface area contributed by atoms with Crippen LogP contribution in [0.15, 0.2) is 52.3 Å². The average Bonchev–Trinajstić information content (AvgIpc) is 2.44. The third-order valence-electron chi connectivity index (χ3n) is 3.45. The third kappa shape index (κ3) is 1.85. The number of rotatable bonds is 1. The smallest absolute Gasteiger partial charge is 0.195 e. The van der Waals surface area contributed by atoms with E-state index in [2.05, 4.69) is 13.8 Å². The van der Waals surface area contributed by atoms with Gasteiger partial charge in [-0.1, -0.05) is 32.0 Å². The Morgan fingerprint density at radius 2 is 1.63 bits per heavy atom. The molecular weight excluding hydrogens is 256 g/mol. The molecule has 2 aromatic rings. The lowest BCUT2D eigenvalue weighted by molar-refractivity contribution is 0.103. The normalized spacial score (nSPS) is 17.2. The number of carbonyl (C=O) groups excluding carboxylic acids is 1. The molecule has 1 aliphatic rings. The summed E-state index contributed by atoms with van der Waals surface area (Å²) in [6.07, 6.45) is 0. The molecule has 0 aromatic heterocycles. The molecular formula is C16H14O2S. The molecule has 0 aliphatic carbocycles. The van der Waals surface area contributed by atoms with Gasteiger partial charge in [-0.25, -0.2) is 4.21 Å². The molecule has 3 heteroatoms. The van der Waals surface area contributed by atoms with Gasteiger partial charge < -0.3 is 0 Å². The minimum Gasteiger partial charge on any atom is -0.289 e. The van der Waals surface area contributed by atoms with Gasteiger partial charge in [0.15, 0.2) is 5.78 Å². The van der Waals surface area contributed by atoms with E-state index < -0.39 is 10.8 Å². The maximum Gasteiger partial charge on any atom is 0.195 e. The Balaban J connectivity index is 2.24. The summed E-state index contributed by atoms with van der Waals surface area (Å²) in [5.41, 5.74) is 2.24. The fourth-order valence-electron chi connectivity index (χ4n) is 2.32. The van der Waals surface area contributed by atoms with Gasteiger partial charge in [0.05, 0.1) is 20.6 Å². The van der Waals surface area contributed by atoms with Gasteiger partial charge in [0, 0.05) is 11.1 Å². The highest BCUT2D eigenvalue weighted by molar-refractivity contribution is 7.85. The molecule has 96 valence electrons. The van der Waals surface area contributed by atoms with Crippen molar-refractivity contribution in [3.8, 4) is 0 Å². The Morgan fingerprint density at radius 3 is 2.37 bits per heavy atom. The second kappa shape index (κ2) is 4.42. The van der Waals surface area contributed by atoms with E-state index in [1.807, 2.05) is 18.2 Å². The van der Waals surface area contributed by atoms with E-state index in [1.165, 1.54) is 0 Å². The van der Waals surface area contributed by atoms with Crippen LogP contribution in [0.2, 0.25) is 0 Å². The second-order valence-electron chi connectivity index (χ2n) is 5.00. The summed E-state index contributed by atoms with van der Waals surface area (Å²) >= 11 is 0. The summed E-state index contributed by atoms with van der Waals surface area (Å²) in [5, 5.41) is 0. The van der Waals surface area contributed by atoms with Crippen LogP contribution in [0.25, 0.3) is 0 Å². The minimum atomic E-state index is -1.26. The van der Waals surface area contributed by atoms with Gasteiger partial charge in [-0.2, -0.15) is 0 Å². The quantitative estimate of drug-likeness (QED) is 0.678. The Bertz CT molecular complexity index is 702. The number of hydrogen-bond donors (Lipinski definition) is 0. The summed E-state index contributed by atoms with van der Waals surface area (Å²) in [6.45, 7) is 4.17. The molecule has 19 heavy (non-hydrogen) atoms. The SMILES string of the molecule is CC(C)c1ccc2c(c1)S(=O)c1ccccc1C2=O. The number of carbonyl (C=O) groups is 1. The monoisotopic (exact) mass is 270 g/mol. The standard InChI is InChI=1S/C16H14O2S/c1-10(2)11-7-8-13-15(9-11)19(18)14-6-4-3-5-12(14)16(13)17/h3-10H,1-2H3. The highest BCUT2D eigenvalue weighted by Crippen LogP contribution is 2.33. The molecule has 3 rings (SSSR count). The highest BCUT2D eigenvalue weighted by Gasteiger charge is 2.28. The van der Waals surface area contributed by atoms with Gasteiger partial charge >= 0.3 is 0 Å². The van der Waals surface area contributed by atoms with E-state index in [9.17, 15) is 9.00 Å². The average molecular weight is 270 g/mol. The lowest BCUT2D eigenvalue weighted by Gasteiger charge is -2.19. The number of fused-ring (bicyclic) bond motifs is 2. The molecule has 1 aliphatic heterocycles. The van der Waals surface area contributed by atoms with Crippen LogP contribution in [-0.4, -0.2) is 9.99 Å². The predicted molar refractivity (Wildman–Crippen MR) is 75.1 cm³/mol. The van der Waals surface area contributed by atoms with Gasteiger partial charge in [0.2, 0.25) is 0 Å². The van der Waals surface area contributed by atoms with Crippen LogP contribution in [-0.2, 0) is 10.8 Å². The third-order valence-corrected chi connectivity index (χ3v) is 4.94. The number of hydrogen-bond acceptors (Lipinski definition) is 2. The zero-order chi connectivity index (χ0) is 13.6. The van der Waals surface area contributed by atoms with Crippen molar-refractivity contribution in [1.82, 2.24) is 0 Å². The van der Waals surface area contributed by atoms with Crippen molar-refractivity contribution >= 4 is 16.6 Å². The van der Waals surface area contributed by atoms with Crippen molar-refractivity contribution in [3.05, 3.63) is 59.2 Å². The van der Waals surface area contributed by atoms with Crippen molar-refractivity contribution in [2.75, 3.05) is 0 Å². The fraction of sp³-hybridized carbons (Fsp3) is 0.188. The summed E-state index contributed by atoms with van der Waals surface area (Å²) in [7, 11) is -1.26. The predicted octanol–water partition coefficient (Wildman–Crippen LogP) is 3.52. The molecule has 0 radical (unpaired) electrons. The van der Waals surface area contributed by atoms with Crippen LogP contribution < -0.4 is 0 Å². The molecule has 1 atom stereocenters. The van der Waals surface area contributed by atoms with Crippen LogP contribution in [0.3, 0.4) is 0 Å². The Morgan fingerprint density at radius 1 is 0.947 bits per heavy atom. The Kier molecular flexibility index (Phi) is 2.86. The maximum atomic E-state index is 12.6. The highest BCUT2D eigenvalue weighted by atomic mass is 32.2. The van der Waals surface area contributed by atoms with Crippen LogP contribution in [0.5, 0.6) is 0 Å². The zero-order valence-corrected chi connectivity index (χ0v) is 11.7. The molecule has 0 amide bonds. The molecule has 1 unspecified atom stereocenters.